The van der Waals surface area contributed by atoms with Crippen molar-refractivity contribution in [1.29, 1.82) is 0 Å². The van der Waals surface area contributed by atoms with E-state index in [1.165, 1.54) is 25.7 Å². The van der Waals surface area contributed by atoms with Crippen LogP contribution in [0.15, 0.2) is 0 Å². The van der Waals surface area contributed by atoms with Gasteiger partial charge in [-0.05, 0) is 25.2 Å². The number of rotatable bonds is 2. The van der Waals surface area contributed by atoms with Crippen LogP contribution < -0.4 is 5.32 Å². The molecule has 1 N–H and O–H groups in total. The molecular formula is C14H24N2O2. The van der Waals surface area contributed by atoms with Gasteiger partial charge in [-0.1, -0.05) is 19.8 Å². The van der Waals surface area contributed by atoms with Crippen molar-refractivity contribution in [3.05, 3.63) is 0 Å². The molecule has 0 aromatic rings. The fourth-order valence-electron chi connectivity index (χ4n) is 3.88. The fraction of sp³-hybridized carbons (Fsp3) is 0.929. The molecule has 2 saturated heterocycles. The second kappa shape index (κ2) is 5.17. The average molecular weight is 252 g/mol. The molecule has 0 aromatic heterocycles. The van der Waals surface area contributed by atoms with Crippen molar-refractivity contribution >= 4 is 5.91 Å². The summed E-state index contributed by atoms with van der Waals surface area (Å²) in [5.74, 6) is 1.43. The highest BCUT2D eigenvalue weighted by atomic mass is 16.5. The van der Waals surface area contributed by atoms with Crippen molar-refractivity contribution < 1.29 is 9.53 Å². The molecule has 2 aliphatic heterocycles. The van der Waals surface area contributed by atoms with Crippen LogP contribution in [0.5, 0.6) is 0 Å². The SMILES string of the molecule is CC1COCCC1N1C(=O)CNC1C1CCCC1. The van der Waals surface area contributed by atoms with Gasteiger partial charge in [0, 0.05) is 18.6 Å². The standard InChI is InChI=1S/C14H24N2O2/c1-10-9-18-7-6-12(10)16-13(17)8-15-14(16)11-4-2-3-5-11/h10-12,14-15H,2-9H2,1H3. The summed E-state index contributed by atoms with van der Waals surface area (Å²) in [5, 5.41) is 3.45. The Bertz CT molecular complexity index is 315. The van der Waals surface area contributed by atoms with E-state index in [2.05, 4.69) is 17.1 Å². The minimum Gasteiger partial charge on any atom is -0.381 e. The molecule has 3 fully saturated rings. The first-order valence-electron chi connectivity index (χ1n) is 7.39. The smallest absolute Gasteiger partial charge is 0.238 e. The second-order valence-electron chi connectivity index (χ2n) is 6.08. The summed E-state index contributed by atoms with van der Waals surface area (Å²) in [6.45, 7) is 4.34. The van der Waals surface area contributed by atoms with Gasteiger partial charge in [0.1, 0.15) is 0 Å². The molecule has 3 rings (SSSR count). The van der Waals surface area contributed by atoms with Gasteiger partial charge in [0.25, 0.3) is 0 Å². The molecule has 1 aliphatic carbocycles. The number of carbonyl (C=O) groups is 1. The number of ether oxygens (including phenoxy) is 1. The van der Waals surface area contributed by atoms with Crippen LogP contribution in [-0.2, 0) is 9.53 Å². The van der Waals surface area contributed by atoms with Crippen LogP contribution in [0.3, 0.4) is 0 Å². The Morgan fingerprint density at radius 3 is 2.78 bits per heavy atom. The molecule has 4 heteroatoms. The number of hydrogen-bond donors (Lipinski definition) is 1. The highest BCUT2D eigenvalue weighted by Gasteiger charge is 2.43. The largest absolute Gasteiger partial charge is 0.381 e. The minimum absolute atomic E-state index is 0.297. The molecule has 0 aromatic carbocycles. The molecule has 102 valence electrons. The van der Waals surface area contributed by atoms with Gasteiger partial charge in [0.15, 0.2) is 0 Å². The van der Waals surface area contributed by atoms with Crippen LogP contribution in [0.1, 0.15) is 39.0 Å². The maximum absolute atomic E-state index is 12.2. The highest BCUT2D eigenvalue weighted by molar-refractivity contribution is 5.81. The summed E-state index contributed by atoms with van der Waals surface area (Å²) in [4.78, 5) is 14.4. The molecule has 2 heterocycles. The van der Waals surface area contributed by atoms with E-state index in [0.717, 1.165) is 19.6 Å². The number of carbonyl (C=O) groups excluding carboxylic acids is 1. The summed E-state index contributed by atoms with van der Waals surface area (Å²) < 4.78 is 5.51. The van der Waals surface area contributed by atoms with E-state index in [-0.39, 0.29) is 0 Å². The van der Waals surface area contributed by atoms with Crippen molar-refractivity contribution in [3.8, 4) is 0 Å². The lowest BCUT2D eigenvalue weighted by molar-refractivity contribution is -0.135. The van der Waals surface area contributed by atoms with E-state index < -0.39 is 0 Å². The zero-order valence-corrected chi connectivity index (χ0v) is 11.2. The van der Waals surface area contributed by atoms with Gasteiger partial charge in [-0.15, -0.1) is 0 Å². The van der Waals surface area contributed by atoms with Crippen molar-refractivity contribution in [1.82, 2.24) is 10.2 Å². The summed E-state index contributed by atoms with van der Waals surface area (Å²) >= 11 is 0. The van der Waals surface area contributed by atoms with E-state index in [1.54, 1.807) is 0 Å². The maximum Gasteiger partial charge on any atom is 0.238 e. The van der Waals surface area contributed by atoms with Crippen molar-refractivity contribution in [2.75, 3.05) is 19.8 Å². The number of hydrogen-bond acceptors (Lipinski definition) is 3. The van der Waals surface area contributed by atoms with Gasteiger partial charge in [-0.3, -0.25) is 10.1 Å². The van der Waals surface area contributed by atoms with Crippen LogP contribution in [0, 0.1) is 11.8 Å². The second-order valence-corrected chi connectivity index (χ2v) is 6.08. The molecule has 3 unspecified atom stereocenters. The molecule has 1 amide bonds. The van der Waals surface area contributed by atoms with E-state index in [4.69, 9.17) is 4.74 Å². The Kier molecular flexibility index (Phi) is 3.57. The lowest BCUT2D eigenvalue weighted by Crippen LogP contribution is -2.52. The third-order valence-corrected chi connectivity index (χ3v) is 4.85. The van der Waals surface area contributed by atoms with Gasteiger partial charge in [0.2, 0.25) is 5.91 Å². The Balaban J connectivity index is 1.75. The zero-order valence-electron chi connectivity index (χ0n) is 11.2. The lowest BCUT2D eigenvalue weighted by atomic mass is 9.93. The van der Waals surface area contributed by atoms with Gasteiger partial charge in [-0.25, -0.2) is 0 Å². The minimum atomic E-state index is 0.297. The maximum atomic E-state index is 12.2. The van der Waals surface area contributed by atoms with Gasteiger partial charge in [0.05, 0.1) is 19.3 Å². The van der Waals surface area contributed by atoms with Crippen LogP contribution in [0.25, 0.3) is 0 Å². The molecule has 3 atom stereocenters. The summed E-state index contributed by atoms with van der Waals surface area (Å²) in [5.41, 5.74) is 0. The normalized spacial score (nSPS) is 38.6. The Labute approximate surface area is 109 Å². The summed E-state index contributed by atoms with van der Waals surface area (Å²) in [7, 11) is 0. The van der Waals surface area contributed by atoms with Crippen molar-refractivity contribution in [2.24, 2.45) is 11.8 Å². The number of nitrogens with one attached hydrogen (secondary N) is 1. The molecule has 4 nitrogen and oxygen atoms in total. The topological polar surface area (TPSA) is 41.6 Å². The third kappa shape index (κ3) is 2.16. The van der Waals surface area contributed by atoms with Crippen molar-refractivity contribution in [2.45, 2.75) is 51.2 Å². The van der Waals surface area contributed by atoms with E-state index in [9.17, 15) is 4.79 Å². The highest BCUT2D eigenvalue weighted by Crippen LogP contribution is 2.34. The number of amides is 1. The zero-order chi connectivity index (χ0) is 12.5. The van der Waals surface area contributed by atoms with Gasteiger partial charge in [-0.2, -0.15) is 0 Å². The third-order valence-electron chi connectivity index (χ3n) is 4.85. The Hall–Kier alpha value is -0.610. The Morgan fingerprint density at radius 2 is 2.06 bits per heavy atom. The quantitative estimate of drug-likeness (QED) is 0.807. The first-order chi connectivity index (χ1) is 8.77. The summed E-state index contributed by atoms with van der Waals surface area (Å²) in [6.07, 6.45) is 6.50. The fourth-order valence-corrected chi connectivity index (χ4v) is 3.88. The van der Waals surface area contributed by atoms with Gasteiger partial charge >= 0.3 is 0 Å². The Morgan fingerprint density at radius 1 is 1.28 bits per heavy atom. The van der Waals surface area contributed by atoms with Crippen molar-refractivity contribution in [3.63, 3.8) is 0 Å². The molecule has 0 radical (unpaired) electrons. The lowest BCUT2D eigenvalue weighted by Gasteiger charge is -2.41. The first-order valence-corrected chi connectivity index (χ1v) is 7.39. The molecule has 0 spiro atoms. The number of nitrogens with zero attached hydrogens (tertiary/aromatic N) is 1. The van der Waals surface area contributed by atoms with E-state index in [0.29, 0.717) is 36.5 Å². The molecule has 18 heavy (non-hydrogen) atoms. The van der Waals surface area contributed by atoms with Crippen LogP contribution in [-0.4, -0.2) is 42.8 Å². The van der Waals surface area contributed by atoms with Crippen LogP contribution in [0.2, 0.25) is 0 Å². The van der Waals surface area contributed by atoms with E-state index in [1.807, 2.05) is 0 Å². The molecule has 1 saturated carbocycles. The van der Waals surface area contributed by atoms with Crippen LogP contribution >= 0.6 is 0 Å². The molecular weight excluding hydrogens is 228 g/mol. The summed E-state index contributed by atoms with van der Waals surface area (Å²) in [6, 6.07) is 0.381. The molecule has 0 bridgehead atoms. The van der Waals surface area contributed by atoms with Crippen LogP contribution in [0.4, 0.5) is 0 Å². The predicted octanol–water partition coefficient (Wildman–Crippen LogP) is 1.36. The van der Waals surface area contributed by atoms with E-state index >= 15 is 0 Å². The molecule has 3 aliphatic rings. The monoisotopic (exact) mass is 252 g/mol. The average Bonchev–Trinajstić information content (AvgIpc) is 2.99. The predicted molar refractivity (Wildman–Crippen MR) is 69.0 cm³/mol. The van der Waals surface area contributed by atoms with Gasteiger partial charge < -0.3 is 9.64 Å². The first kappa shape index (κ1) is 12.4.